The van der Waals surface area contributed by atoms with Crippen molar-refractivity contribution < 1.29 is 9.84 Å². The molecule has 0 spiro atoms. The number of piperidine rings is 1. The molecular formula is C25H36Cl2N2O2. The van der Waals surface area contributed by atoms with E-state index in [1.807, 2.05) is 0 Å². The minimum Gasteiger partial charge on any atom is -0.490 e. The van der Waals surface area contributed by atoms with Crippen molar-refractivity contribution in [2.45, 2.75) is 56.8 Å². The molecular weight excluding hydrogens is 431 g/mol. The molecule has 0 atom stereocenters. The molecule has 1 saturated heterocycles. The molecule has 1 aliphatic carbocycles. The second kappa shape index (κ2) is 12.0. The number of benzene rings is 2. The Morgan fingerprint density at radius 3 is 2.23 bits per heavy atom. The van der Waals surface area contributed by atoms with Crippen molar-refractivity contribution in [2.75, 3.05) is 31.6 Å². The van der Waals surface area contributed by atoms with Crippen LogP contribution in [0.5, 0.6) is 5.75 Å². The number of hydrogen-bond donors (Lipinski definition) is 1. The maximum absolute atomic E-state index is 11.1. The molecule has 1 heterocycles. The van der Waals surface area contributed by atoms with Crippen LogP contribution >= 0.6 is 24.8 Å². The lowest BCUT2D eigenvalue weighted by atomic mass is 9.88. The van der Waals surface area contributed by atoms with Crippen LogP contribution in [0.2, 0.25) is 0 Å². The molecule has 1 aliphatic heterocycles. The largest absolute Gasteiger partial charge is 0.490 e. The fourth-order valence-corrected chi connectivity index (χ4v) is 4.18. The van der Waals surface area contributed by atoms with Crippen LogP contribution in [0.15, 0.2) is 54.6 Å². The van der Waals surface area contributed by atoms with E-state index in [1.165, 1.54) is 30.5 Å². The van der Waals surface area contributed by atoms with Crippen molar-refractivity contribution in [1.29, 1.82) is 0 Å². The van der Waals surface area contributed by atoms with Gasteiger partial charge in [-0.3, -0.25) is 4.90 Å². The Balaban J connectivity index is 0.00000171. The molecule has 0 amide bonds. The smallest absolute Gasteiger partial charge is 0.119 e. The van der Waals surface area contributed by atoms with Crippen LogP contribution in [0, 0.1) is 0 Å². The zero-order chi connectivity index (χ0) is 20.1. The number of nitrogens with zero attached hydrogens (tertiary/aromatic N) is 2. The van der Waals surface area contributed by atoms with E-state index in [0.29, 0.717) is 6.10 Å². The second-order valence-corrected chi connectivity index (χ2v) is 8.82. The van der Waals surface area contributed by atoms with E-state index in [0.717, 1.165) is 51.2 Å². The van der Waals surface area contributed by atoms with E-state index in [9.17, 15) is 5.11 Å². The Hall–Kier alpha value is -1.46. The van der Waals surface area contributed by atoms with Gasteiger partial charge in [-0.05, 0) is 68.4 Å². The highest BCUT2D eigenvalue weighted by molar-refractivity contribution is 5.85. The van der Waals surface area contributed by atoms with Gasteiger partial charge in [0.2, 0.25) is 0 Å². The number of anilines is 1. The standard InChI is InChI=1S/C25H34N2O2.2ClH/c1-26(22-10-12-24(13-11-22)29-23-8-5-9-23)17-14-25(28)15-18-27(19-16-25)20-21-6-3-2-4-7-21;;/h2-4,6-7,10-13,23,28H,5,8-9,14-20H2,1H3;2*1H. The van der Waals surface area contributed by atoms with E-state index in [2.05, 4.69) is 71.4 Å². The van der Waals surface area contributed by atoms with Crippen LogP contribution < -0.4 is 9.64 Å². The summed E-state index contributed by atoms with van der Waals surface area (Å²) in [4.78, 5) is 4.69. The van der Waals surface area contributed by atoms with Gasteiger partial charge in [0.05, 0.1) is 11.7 Å². The summed E-state index contributed by atoms with van der Waals surface area (Å²) in [6.45, 7) is 3.76. The van der Waals surface area contributed by atoms with Crippen LogP contribution in [0.1, 0.15) is 44.1 Å². The molecule has 0 aromatic heterocycles. The van der Waals surface area contributed by atoms with Crippen LogP contribution in [0.4, 0.5) is 5.69 Å². The van der Waals surface area contributed by atoms with Crippen molar-refractivity contribution in [3.05, 3.63) is 60.2 Å². The number of rotatable bonds is 8. The van der Waals surface area contributed by atoms with E-state index in [-0.39, 0.29) is 24.8 Å². The summed E-state index contributed by atoms with van der Waals surface area (Å²) in [7, 11) is 2.11. The highest BCUT2D eigenvalue weighted by Crippen LogP contribution is 2.29. The van der Waals surface area contributed by atoms with Crippen LogP contribution in [0.25, 0.3) is 0 Å². The van der Waals surface area contributed by atoms with E-state index >= 15 is 0 Å². The molecule has 2 aromatic rings. The van der Waals surface area contributed by atoms with Gasteiger partial charge < -0.3 is 14.7 Å². The SMILES string of the molecule is CN(CCC1(O)CCN(Cc2ccccc2)CC1)c1ccc(OC2CCC2)cc1.Cl.Cl. The minimum absolute atomic E-state index is 0. The van der Waals surface area contributed by atoms with E-state index < -0.39 is 5.60 Å². The van der Waals surface area contributed by atoms with Gasteiger partial charge in [-0.1, -0.05) is 30.3 Å². The Bertz CT molecular complexity index is 761. The second-order valence-electron chi connectivity index (χ2n) is 8.82. The monoisotopic (exact) mass is 466 g/mol. The highest BCUT2D eigenvalue weighted by atomic mass is 35.5. The Kier molecular flexibility index (Phi) is 9.95. The molecule has 2 aromatic carbocycles. The predicted molar refractivity (Wildman–Crippen MR) is 133 cm³/mol. The minimum atomic E-state index is -0.547. The van der Waals surface area contributed by atoms with Crippen LogP contribution in [0.3, 0.4) is 0 Å². The maximum Gasteiger partial charge on any atom is 0.119 e. The lowest BCUT2D eigenvalue weighted by Gasteiger charge is -2.39. The average Bonchev–Trinajstić information content (AvgIpc) is 2.72. The van der Waals surface area contributed by atoms with Crippen LogP contribution in [-0.2, 0) is 6.54 Å². The van der Waals surface area contributed by atoms with Crippen molar-refractivity contribution in [1.82, 2.24) is 4.90 Å². The van der Waals surface area contributed by atoms with Crippen molar-refractivity contribution in [2.24, 2.45) is 0 Å². The lowest BCUT2D eigenvalue weighted by molar-refractivity contribution is -0.0275. The number of ether oxygens (including phenoxy) is 1. The topological polar surface area (TPSA) is 35.9 Å². The van der Waals surface area contributed by atoms with Gasteiger partial charge in [-0.2, -0.15) is 0 Å². The first-order valence-corrected chi connectivity index (χ1v) is 11.1. The third-order valence-electron chi connectivity index (χ3n) is 6.58. The van der Waals surface area contributed by atoms with Gasteiger partial charge in [-0.15, -0.1) is 24.8 Å². The Morgan fingerprint density at radius 1 is 1.00 bits per heavy atom. The molecule has 0 unspecified atom stereocenters. The zero-order valence-corrected chi connectivity index (χ0v) is 20.0. The Labute approximate surface area is 199 Å². The molecule has 6 heteroatoms. The quantitative estimate of drug-likeness (QED) is 0.571. The van der Waals surface area contributed by atoms with Gasteiger partial charge in [-0.25, -0.2) is 0 Å². The van der Waals surface area contributed by atoms with E-state index in [1.54, 1.807) is 0 Å². The van der Waals surface area contributed by atoms with Gasteiger partial charge in [0, 0.05) is 38.9 Å². The lowest BCUT2D eigenvalue weighted by Crippen LogP contribution is -2.45. The average molecular weight is 467 g/mol. The summed E-state index contributed by atoms with van der Waals surface area (Å²) in [6, 6.07) is 19.0. The van der Waals surface area contributed by atoms with Crippen LogP contribution in [-0.4, -0.2) is 48.4 Å². The highest BCUT2D eigenvalue weighted by Gasteiger charge is 2.32. The summed E-state index contributed by atoms with van der Waals surface area (Å²) < 4.78 is 5.95. The number of halogens is 2. The van der Waals surface area contributed by atoms with Crippen molar-refractivity contribution in [3.8, 4) is 5.75 Å². The molecule has 0 bridgehead atoms. The molecule has 172 valence electrons. The predicted octanol–water partition coefficient (Wildman–Crippen LogP) is 5.31. The summed E-state index contributed by atoms with van der Waals surface area (Å²) in [5.41, 5.74) is 1.98. The first-order valence-electron chi connectivity index (χ1n) is 11.1. The molecule has 0 radical (unpaired) electrons. The normalized spacial score (nSPS) is 18.3. The molecule has 2 fully saturated rings. The molecule has 1 N–H and O–H groups in total. The fraction of sp³-hybridized carbons (Fsp3) is 0.520. The van der Waals surface area contributed by atoms with Crippen molar-refractivity contribution >= 4 is 30.5 Å². The molecule has 1 saturated carbocycles. The fourth-order valence-electron chi connectivity index (χ4n) is 4.18. The van der Waals surface area contributed by atoms with Gasteiger partial charge in [0.1, 0.15) is 5.75 Å². The number of likely N-dealkylation sites (tertiary alicyclic amines) is 1. The molecule has 31 heavy (non-hydrogen) atoms. The number of aliphatic hydroxyl groups is 1. The third kappa shape index (κ3) is 7.28. The third-order valence-corrected chi connectivity index (χ3v) is 6.58. The summed E-state index contributed by atoms with van der Waals surface area (Å²) in [5.74, 6) is 0.969. The first kappa shape index (κ1) is 25.8. The summed E-state index contributed by atoms with van der Waals surface area (Å²) in [6.07, 6.45) is 6.58. The molecule has 4 rings (SSSR count). The van der Waals surface area contributed by atoms with E-state index in [4.69, 9.17) is 4.74 Å². The molecule has 2 aliphatic rings. The zero-order valence-electron chi connectivity index (χ0n) is 18.4. The van der Waals surface area contributed by atoms with Crippen molar-refractivity contribution in [3.63, 3.8) is 0 Å². The Morgan fingerprint density at radius 2 is 1.65 bits per heavy atom. The van der Waals surface area contributed by atoms with Gasteiger partial charge in [0.25, 0.3) is 0 Å². The summed E-state index contributed by atoms with van der Waals surface area (Å²) >= 11 is 0. The first-order chi connectivity index (χ1) is 14.1. The molecule has 4 nitrogen and oxygen atoms in total. The number of hydrogen-bond acceptors (Lipinski definition) is 4. The van der Waals surface area contributed by atoms with Gasteiger partial charge >= 0.3 is 0 Å². The summed E-state index contributed by atoms with van der Waals surface area (Å²) in [5, 5.41) is 11.1. The van der Waals surface area contributed by atoms with Gasteiger partial charge in [0.15, 0.2) is 0 Å². The maximum atomic E-state index is 11.1.